The summed E-state index contributed by atoms with van der Waals surface area (Å²) in [5.41, 5.74) is 2.03. The maximum Gasteiger partial charge on any atom is 0.323 e. The zero-order valence-electron chi connectivity index (χ0n) is 11.3. The van der Waals surface area contributed by atoms with Gasteiger partial charge in [-0.05, 0) is 17.7 Å². The van der Waals surface area contributed by atoms with Crippen molar-refractivity contribution >= 4 is 34.4 Å². The lowest BCUT2D eigenvalue weighted by Gasteiger charge is -2.09. The molecular formula is C13H11ClN6O2. The Kier molecular flexibility index (Phi) is 3.84. The summed E-state index contributed by atoms with van der Waals surface area (Å²) in [6.45, 7) is 0.249. The molecule has 22 heavy (non-hydrogen) atoms. The molecule has 8 nitrogen and oxygen atoms in total. The van der Waals surface area contributed by atoms with E-state index in [0.29, 0.717) is 23.4 Å². The summed E-state index contributed by atoms with van der Waals surface area (Å²) in [5.74, 6) is -0.486. The van der Waals surface area contributed by atoms with Crippen LogP contribution in [0.5, 0.6) is 0 Å². The molecule has 0 atom stereocenters. The first-order valence-electron chi connectivity index (χ1n) is 6.35. The number of carboxylic acids is 1. The maximum atomic E-state index is 10.9. The van der Waals surface area contributed by atoms with Gasteiger partial charge < -0.3 is 15.0 Å². The van der Waals surface area contributed by atoms with Crippen molar-refractivity contribution in [2.45, 2.75) is 13.1 Å². The van der Waals surface area contributed by atoms with Gasteiger partial charge in [0.15, 0.2) is 5.82 Å². The molecule has 3 aromatic rings. The van der Waals surface area contributed by atoms with E-state index >= 15 is 0 Å². The third kappa shape index (κ3) is 2.96. The van der Waals surface area contributed by atoms with E-state index < -0.39 is 5.97 Å². The lowest BCUT2D eigenvalue weighted by molar-refractivity contribution is -0.137. The number of halogens is 1. The van der Waals surface area contributed by atoms with Crippen molar-refractivity contribution in [2.24, 2.45) is 0 Å². The Balaban J connectivity index is 1.96. The van der Waals surface area contributed by atoms with Crippen LogP contribution in [0.1, 0.15) is 5.56 Å². The normalized spacial score (nSPS) is 10.8. The highest BCUT2D eigenvalue weighted by molar-refractivity contribution is 6.28. The molecule has 0 aliphatic carbocycles. The Bertz CT molecular complexity index is 820. The molecule has 0 fully saturated rings. The first-order chi connectivity index (χ1) is 10.6. The molecule has 2 N–H and O–H groups in total. The van der Waals surface area contributed by atoms with Crippen LogP contribution in [-0.4, -0.2) is 35.6 Å². The second kappa shape index (κ2) is 5.94. The lowest BCUT2D eigenvalue weighted by atomic mass is 10.3. The van der Waals surface area contributed by atoms with Crippen molar-refractivity contribution in [1.82, 2.24) is 24.5 Å². The van der Waals surface area contributed by atoms with Crippen molar-refractivity contribution in [1.29, 1.82) is 0 Å². The summed E-state index contributed by atoms with van der Waals surface area (Å²) < 4.78 is 1.55. The van der Waals surface area contributed by atoms with E-state index in [2.05, 4.69) is 25.3 Å². The molecule has 0 radical (unpaired) electrons. The summed E-state index contributed by atoms with van der Waals surface area (Å²) in [4.78, 5) is 27.0. The number of nitrogens with one attached hydrogen (secondary N) is 1. The van der Waals surface area contributed by atoms with Crippen molar-refractivity contribution in [3.63, 3.8) is 0 Å². The van der Waals surface area contributed by atoms with E-state index in [0.717, 1.165) is 5.56 Å². The van der Waals surface area contributed by atoms with Gasteiger partial charge in [0.25, 0.3) is 0 Å². The third-order valence-electron chi connectivity index (χ3n) is 2.96. The van der Waals surface area contributed by atoms with Crippen LogP contribution in [-0.2, 0) is 17.9 Å². The number of carbonyl (C=O) groups is 1. The standard InChI is InChI=1S/C13H11ClN6O2/c14-13-18-9-1-2-20(6-10(21)22)11(9)12(19-13)17-5-8-3-15-7-16-4-8/h1-4,7H,5-6H2,(H,21,22)(H,17,18,19). The molecule has 0 unspecified atom stereocenters. The van der Waals surface area contributed by atoms with Gasteiger partial charge in [-0.2, -0.15) is 4.98 Å². The highest BCUT2D eigenvalue weighted by Gasteiger charge is 2.13. The topological polar surface area (TPSA) is 106 Å². The SMILES string of the molecule is O=C(O)Cn1ccc2nc(Cl)nc(NCc3cncnc3)c21. The molecule has 3 rings (SSSR count). The number of nitrogens with zero attached hydrogens (tertiary/aromatic N) is 5. The van der Waals surface area contributed by atoms with Crippen molar-refractivity contribution in [2.75, 3.05) is 5.32 Å². The summed E-state index contributed by atoms with van der Waals surface area (Å²) >= 11 is 5.91. The second-order valence-electron chi connectivity index (χ2n) is 4.51. The minimum absolute atomic E-state index is 0.0902. The minimum atomic E-state index is -0.949. The van der Waals surface area contributed by atoms with Gasteiger partial charge in [0.05, 0.1) is 5.52 Å². The van der Waals surface area contributed by atoms with Crippen molar-refractivity contribution in [3.05, 3.63) is 41.8 Å². The predicted molar refractivity (Wildman–Crippen MR) is 79.5 cm³/mol. The largest absolute Gasteiger partial charge is 0.480 e. The van der Waals surface area contributed by atoms with E-state index in [1.54, 1.807) is 29.2 Å². The molecule has 0 saturated carbocycles. The second-order valence-corrected chi connectivity index (χ2v) is 4.85. The van der Waals surface area contributed by atoms with E-state index in [9.17, 15) is 4.79 Å². The fourth-order valence-corrected chi connectivity index (χ4v) is 2.26. The van der Waals surface area contributed by atoms with E-state index in [1.165, 1.54) is 6.33 Å². The monoisotopic (exact) mass is 318 g/mol. The molecule has 0 spiro atoms. The number of anilines is 1. The van der Waals surface area contributed by atoms with Gasteiger partial charge >= 0.3 is 5.97 Å². The Morgan fingerprint density at radius 1 is 1.32 bits per heavy atom. The van der Waals surface area contributed by atoms with Crippen LogP contribution in [0, 0.1) is 0 Å². The van der Waals surface area contributed by atoms with Crippen LogP contribution in [0.3, 0.4) is 0 Å². The van der Waals surface area contributed by atoms with Gasteiger partial charge in [-0.1, -0.05) is 0 Å². The average molecular weight is 319 g/mol. The maximum absolute atomic E-state index is 10.9. The van der Waals surface area contributed by atoms with Gasteiger partial charge in [-0.3, -0.25) is 4.79 Å². The van der Waals surface area contributed by atoms with E-state index in [-0.39, 0.29) is 11.8 Å². The van der Waals surface area contributed by atoms with Crippen LogP contribution in [0.4, 0.5) is 5.82 Å². The summed E-state index contributed by atoms with van der Waals surface area (Å²) in [7, 11) is 0. The number of aromatic nitrogens is 5. The molecule has 0 aliphatic heterocycles. The Morgan fingerprint density at radius 2 is 2.09 bits per heavy atom. The van der Waals surface area contributed by atoms with Gasteiger partial charge in [-0.25, -0.2) is 15.0 Å². The third-order valence-corrected chi connectivity index (χ3v) is 3.13. The molecule has 0 amide bonds. The van der Waals surface area contributed by atoms with Crippen LogP contribution < -0.4 is 5.32 Å². The zero-order chi connectivity index (χ0) is 15.5. The van der Waals surface area contributed by atoms with Crippen LogP contribution in [0.15, 0.2) is 31.0 Å². The van der Waals surface area contributed by atoms with E-state index in [4.69, 9.17) is 16.7 Å². The number of fused-ring (bicyclic) bond motifs is 1. The first kappa shape index (κ1) is 14.2. The Labute approximate surface area is 129 Å². The Morgan fingerprint density at radius 3 is 2.82 bits per heavy atom. The molecule has 0 bridgehead atoms. The number of aliphatic carboxylic acids is 1. The highest BCUT2D eigenvalue weighted by Crippen LogP contribution is 2.23. The number of hydrogen-bond donors (Lipinski definition) is 2. The molecule has 112 valence electrons. The van der Waals surface area contributed by atoms with E-state index in [1.807, 2.05) is 0 Å². The Hall–Kier alpha value is -2.74. The molecule has 3 heterocycles. The van der Waals surface area contributed by atoms with Gasteiger partial charge in [0.1, 0.15) is 18.4 Å². The van der Waals surface area contributed by atoms with Crippen LogP contribution >= 0.6 is 11.6 Å². The van der Waals surface area contributed by atoms with Gasteiger partial charge in [-0.15, -0.1) is 0 Å². The highest BCUT2D eigenvalue weighted by atomic mass is 35.5. The molecular weight excluding hydrogens is 308 g/mol. The number of carboxylic acid groups (broad SMARTS) is 1. The fraction of sp³-hybridized carbons (Fsp3) is 0.154. The lowest BCUT2D eigenvalue weighted by Crippen LogP contribution is -2.10. The minimum Gasteiger partial charge on any atom is -0.480 e. The number of rotatable bonds is 5. The van der Waals surface area contributed by atoms with Crippen molar-refractivity contribution < 1.29 is 9.90 Å². The number of hydrogen-bond acceptors (Lipinski definition) is 6. The van der Waals surface area contributed by atoms with Crippen molar-refractivity contribution in [3.8, 4) is 0 Å². The van der Waals surface area contributed by atoms with Gasteiger partial charge in [0.2, 0.25) is 5.28 Å². The molecule has 9 heteroatoms. The van der Waals surface area contributed by atoms with Crippen LogP contribution in [0.25, 0.3) is 11.0 Å². The summed E-state index contributed by atoms with van der Waals surface area (Å²) in [6, 6.07) is 1.70. The summed E-state index contributed by atoms with van der Waals surface area (Å²) in [6.07, 6.45) is 6.44. The van der Waals surface area contributed by atoms with Crippen LogP contribution in [0.2, 0.25) is 5.28 Å². The molecule has 0 saturated heterocycles. The smallest absolute Gasteiger partial charge is 0.323 e. The summed E-state index contributed by atoms with van der Waals surface area (Å²) in [5, 5.41) is 12.2. The average Bonchev–Trinajstić information content (AvgIpc) is 2.88. The first-order valence-corrected chi connectivity index (χ1v) is 6.73. The molecule has 0 aromatic carbocycles. The zero-order valence-corrected chi connectivity index (χ0v) is 12.0. The molecule has 0 aliphatic rings. The molecule has 3 aromatic heterocycles. The quantitative estimate of drug-likeness (QED) is 0.688. The fourth-order valence-electron chi connectivity index (χ4n) is 2.09. The van der Waals surface area contributed by atoms with Gasteiger partial charge in [0, 0.05) is 30.7 Å². The predicted octanol–water partition coefficient (Wildman–Crippen LogP) is 1.57.